The minimum absolute atomic E-state index is 0.108. The third kappa shape index (κ3) is 5.07. The van der Waals surface area contributed by atoms with Crippen molar-refractivity contribution in [1.82, 2.24) is 0 Å². The van der Waals surface area contributed by atoms with Crippen LogP contribution in [0, 0.1) is 0 Å². The zero-order chi connectivity index (χ0) is 16.8. The maximum Gasteiger partial charge on any atom is 0.338 e. The first-order valence-corrected chi connectivity index (χ1v) is 7.17. The quantitative estimate of drug-likeness (QED) is 0.599. The summed E-state index contributed by atoms with van der Waals surface area (Å²) in [6.07, 6.45) is -1.94. The molecule has 1 heterocycles. The second kappa shape index (κ2) is 7.73. The van der Waals surface area contributed by atoms with Gasteiger partial charge in [-0.2, -0.15) is 0 Å². The topological polar surface area (TPSA) is 88.1 Å². The van der Waals surface area contributed by atoms with Crippen molar-refractivity contribution in [3.63, 3.8) is 0 Å². The lowest BCUT2D eigenvalue weighted by atomic mass is 10.2. The Balaban J connectivity index is 1.93. The zero-order valence-corrected chi connectivity index (χ0v) is 12.9. The predicted molar refractivity (Wildman–Crippen MR) is 77.3 cm³/mol. The Labute approximate surface area is 133 Å². The lowest BCUT2D eigenvalue weighted by Crippen LogP contribution is -2.31. The van der Waals surface area contributed by atoms with Crippen molar-refractivity contribution < 1.29 is 33.3 Å². The molecule has 1 aromatic rings. The molecule has 124 valence electrons. The number of hydrogen-bond donors (Lipinski definition) is 0. The highest BCUT2D eigenvalue weighted by Gasteiger charge is 2.40. The van der Waals surface area contributed by atoms with E-state index in [-0.39, 0.29) is 13.0 Å². The molecule has 0 unspecified atom stereocenters. The molecular weight excluding hydrogens is 304 g/mol. The number of hydrogen-bond acceptors (Lipinski definition) is 7. The van der Waals surface area contributed by atoms with Crippen molar-refractivity contribution in [1.29, 1.82) is 0 Å². The summed E-state index contributed by atoms with van der Waals surface area (Å²) in [6.45, 7) is 2.42. The van der Waals surface area contributed by atoms with Gasteiger partial charge in [-0.05, 0) is 12.1 Å². The second-order valence-electron chi connectivity index (χ2n) is 5.06. The van der Waals surface area contributed by atoms with Crippen LogP contribution in [0.2, 0.25) is 0 Å². The molecule has 2 rings (SSSR count). The van der Waals surface area contributed by atoms with Gasteiger partial charge in [0.1, 0.15) is 18.8 Å². The Hall–Kier alpha value is -2.41. The normalized spacial score (nSPS) is 23.1. The molecule has 1 aromatic carbocycles. The molecule has 23 heavy (non-hydrogen) atoms. The van der Waals surface area contributed by atoms with Crippen LogP contribution in [0.3, 0.4) is 0 Å². The summed E-state index contributed by atoms with van der Waals surface area (Å²) in [5.74, 6) is -1.49. The summed E-state index contributed by atoms with van der Waals surface area (Å²) >= 11 is 0. The highest BCUT2D eigenvalue weighted by Crippen LogP contribution is 2.25. The molecule has 1 fully saturated rings. The van der Waals surface area contributed by atoms with Crippen LogP contribution < -0.4 is 0 Å². The molecule has 7 heteroatoms. The van der Waals surface area contributed by atoms with E-state index in [0.717, 1.165) is 0 Å². The summed E-state index contributed by atoms with van der Waals surface area (Å²) in [4.78, 5) is 34.1. The first-order valence-electron chi connectivity index (χ1n) is 7.17. The number of ether oxygens (including phenoxy) is 4. The lowest BCUT2D eigenvalue weighted by molar-refractivity contribution is -0.176. The molecule has 7 nitrogen and oxygen atoms in total. The van der Waals surface area contributed by atoms with Crippen molar-refractivity contribution in [2.75, 3.05) is 6.61 Å². The third-order valence-corrected chi connectivity index (χ3v) is 3.17. The van der Waals surface area contributed by atoms with E-state index >= 15 is 0 Å². The van der Waals surface area contributed by atoms with Crippen LogP contribution in [-0.4, -0.2) is 43.0 Å². The van der Waals surface area contributed by atoms with Crippen molar-refractivity contribution in [2.45, 2.75) is 38.8 Å². The van der Waals surface area contributed by atoms with Gasteiger partial charge in [-0.3, -0.25) is 9.59 Å². The van der Waals surface area contributed by atoms with Crippen molar-refractivity contribution >= 4 is 17.9 Å². The van der Waals surface area contributed by atoms with Crippen molar-refractivity contribution in [3.05, 3.63) is 35.9 Å². The SMILES string of the molecule is CC(=O)O[C@H]1C[C@@H](OC(C)=O)[C@H](COC(=O)c2ccccc2)O1. The van der Waals surface area contributed by atoms with Crippen LogP contribution in [0.1, 0.15) is 30.6 Å². The Morgan fingerprint density at radius 1 is 1.09 bits per heavy atom. The predicted octanol–water partition coefficient (Wildman–Crippen LogP) is 1.45. The van der Waals surface area contributed by atoms with Gasteiger partial charge >= 0.3 is 17.9 Å². The molecule has 0 aliphatic carbocycles. The number of benzene rings is 1. The van der Waals surface area contributed by atoms with E-state index in [4.69, 9.17) is 18.9 Å². The molecule has 1 saturated heterocycles. The molecule has 0 radical (unpaired) electrons. The van der Waals surface area contributed by atoms with Gasteiger partial charge < -0.3 is 18.9 Å². The minimum Gasteiger partial charge on any atom is -0.459 e. The van der Waals surface area contributed by atoms with Gasteiger partial charge in [-0.15, -0.1) is 0 Å². The van der Waals surface area contributed by atoms with Gasteiger partial charge in [0.25, 0.3) is 0 Å². The van der Waals surface area contributed by atoms with Gasteiger partial charge in [0, 0.05) is 13.8 Å². The molecule has 0 spiro atoms. The average Bonchev–Trinajstić information content (AvgIpc) is 2.85. The maximum atomic E-state index is 11.9. The highest BCUT2D eigenvalue weighted by molar-refractivity contribution is 5.89. The van der Waals surface area contributed by atoms with Crippen LogP contribution in [0.5, 0.6) is 0 Å². The average molecular weight is 322 g/mol. The van der Waals surface area contributed by atoms with Crippen molar-refractivity contribution in [3.8, 4) is 0 Å². The highest BCUT2D eigenvalue weighted by atomic mass is 16.7. The fourth-order valence-electron chi connectivity index (χ4n) is 2.24. The lowest BCUT2D eigenvalue weighted by Gasteiger charge is -2.17. The molecule has 0 amide bonds. The molecule has 1 aliphatic heterocycles. The van der Waals surface area contributed by atoms with Gasteiger partial charge in [0.2, 0.25) is 6.29 Å². The number of carbonyl (C=O) groups excluding carboxylic acids is 3. The van der Waals surface area contributed by atoms with E-state index < -0.39 is 36.4 Å². The molecule has 1 aliphatic rings. The van der Waals surface area contributed by atoms with Crippen LogP contribution in [0.25, 0.3) is 0 Å². The third-order valence-electron chi connectivity index (χ3n) is 3.17. The monoisotopic (exact) mass is 322 g/mol. The van der Waals surface area contributed by atoms with E-state index in [1.807, 2.05) is 0 Å². The Kier molecular flexibility index (Phi) is 5.70. The molecular formula is C16H18O7. The van der Waals surface area contributed by atoms with E-state index in [1.165, 1.54) is 13.8 Å². The smallest absolute Gasteiger partial charge is 0.338 e. The standard InChI is InChI=1S/C16H18O7/c1-10(17)21-13-8-15(22-11(2)18)23-14(13)9-20-16(19)12-6-4-3-5-7-12/h3-7,13-15H,8-9H2,1-2H3/t13-,14+,15-/m1/s1. The molecule has 0 aromatic heterocycles. The summed E-state index contributed by atoms with van der Waals surface area (Å²) in [6, 6.07) is 8.49. The van der Waals surface area contributed by atoms with E-state index in [0.29, 0.717) is 5.56 Å². The van der Waals surface area contributed by atoms with E-state index in [2.05, 4.69) is 0 Å². The van der Waals surface area contributed by atoms with Crippen LogP contribution in [0.15, 0.2) is 30.3 Å². The fraction of sp³-hybridized carbons (Fsp3) is 0.438. The van der Waals surface area contributed by atoms with Gasteiger partial charge in [0.05, 0.1) is 12.0 Å². The Bertz CT molecular complexity index is 569. The summed E-state index contributed by atoms with van der Waals surface area (Å²) < 4.78 is 20.7. The Morgan fingerprint density at radius 3 is 2.35 bits per heavy atom. The van der Waals surface area contributed by atoms with Gasteiger partial charge in [0.15, 0.2) is 0 Å². The first kappa shape index (κ1) is 17.0. The number of rotatable bonds is 5. The van der Waals surface area contributed by atoms with E-state index in [1.54, 1.807) is 30.3 Å². The molecule has 0 N–H and O–H groups in total. The minimum atomic E-state index is -0.822. The van der Waals surface area contributed by atoms with Crippen LogP contribution in [-0.2, 0) is 28.5 Å². The number of carbonyl (C=O) groups is 3. The first-order chi connectivity index (χ1) is 11.0. The zero-order valence-electron chi connectivity index (χ0n) is 12.9. The summed E-state index contributed by atoms with van der Waals surface area (Å²) in [5, 5.41) is 0. The second-order valence-corrected chi connectivity index (χ2v) is 5.06. The summed E-state index contributed by atoms with van der Waals surface area (Å²) in [7, 11) is 0. The van der Waals surface area contributed by atoms with E-state index in [9.17, 15) is 14.4 Å². The fourth-order valence-corrected chi connectivity index (χ4v) is 2.24. The van der Waals surface area contributed by atoms with Crippen molar-refractivity contribution in [2.24, 2.45) is 0 Å². The van der Waals surface area contributed by atoms with Crippen LogP contribution in [0.4, 0.5) is 0 Å². The Morgan fingerprint density at radius 2 is 1.74 bits per heavy atom. The number of esters is 3. The van der Waals surface area contributed by atoms with Crippen LogP contribution >= 0.6 is 0 Å². The largest absolute Gasteiger partial charge is 0.459 e. The maximum absolute atomic E-state index is 11.9. The summed E-state index contributed by atoms with van der Waals surface area (Å²) in [5.41, 5.74) is 0.408. The molecule has 0 bridgehead atoms. The molecule has 3 atom stereocenters. The van der Waals surface area contributed by atoms with Gasteiger partial charge in [-0.25, -0.2) is 4.79 Å². The van der Waals surface area contributed by atoms with Gasteiger partial charge in [-0.1, -0.05) is 18.2 Å². The molecule has 0 saturated carbocycles.